The topological polar surface area (TPSA) is 143 Å². The number of nitrogens with zero attached hydrogens (tertiary/aromatic N) is 2. The highest BCUT2D eigenvalue weighted by molar-refractivity contribution is 5.73. The van der Waals surface area contributed by atoms with Crippen LogP contribution < -0.4 is 24.3 Å². The van der Waals surface area contributed by atoms with Crippen LogP contribution in [0.2, 0.25) is 0 Å². The van der Waals surface area contributed by atoms with Crippen molar-refractivity contribution in [3.05, 3.63) is 100 Å². The Morgan fingerprint density at radius 2 is 1.74 bits per heavy atom. The van der Waals surface area contributed by atoms with E-state index >= 15 is 0 Å². The molecule has 240 valence electrons. The zero-order valence-electron chi connectivity index (χ0n) is 26.5. The highest BCUT2D eigenvalue weighted by Crippen LogP contribution is 2.36. The Kier molecular flexibility index (Phi) is 11.9. The summed E-state index contributed by atoms with van der Waals surface area (Å²) < 4.78 is 23.9. The fraction of sp³-hybridized carbons (Fsp3) is 0.306. The first-order chi connectivity index (χ1) is 22.4. The van der Waals surface area contributed by atoms with E-state index in [0.29, 0.717) is 48.0 Å². The van der Waals surface area contributed by atoms with Gasteiger partial charge in [0.05, 0.1) is 12.2 Å². The maximum atomic E-state index is 11.4. The number of carbonyl (C=O) groups is 1. The minimum atomic E-state index is -1.15. The summed E-state index contributed by atoms with van der Waals surface area (Å²) in [4.78, 5) is 15.5. The number of benzene rings is 3. The number of aromatic nitrogens is 1. The van der Waals surface area contributed by atoms with Crippen molar-refractivity contribution in [2.45, 2.75) is 53.5 Å². The largest absolute Gasteiger partial charge is 0.488 e. The van der Waals surface area contributed by atoms with Crippen LogP contribution in [0.4, 0.5) is 0 Å². The molecule has 5 rings (SSSR count). The molecule has 3 aromatic carbocycles. The number of nitrogens with one attached hydrogen (secondary N) is 1. The summed E-state index contributed by atoms with van der Waals surface area (Å²) in [5, 5.41) is 30.9. The van der Waals surface area contributed by atoms with Gasteiger partial charge in [-0.25, -0.2) is 0 Å². The van der Waals surface area contributed by atoms with E-state index in [0.717, 1.165) is 39.3 Å². The molecule has 1 atom stereocenters. The molecule has 1 aromatic heterocycles. The zero-order chi connectivity index (χ0) is 33.1. The lowest BCUT2D eigenvalue weighted by atomic mass is 9.96. The number of fused-ring (bicyclic) bond motifs is 1. The molecule has 0 saturated carbocycles. The van der Waals surface area contributed by atoms with Gasteiger partial charge in [0.25, 0.3) is 0 Å². The average Bonchev–Trinajstić information content (AvgIpc) is 3.08. The molecule has 0 bridgehead atoms. The molecular weight excluding hydrogens is 586 g/mol. The van der Waals surface area contributed by atoms with Crippen LogP contribution in [0.5, 0.6) is 23.0 Å². The van der Waals surface area contributed by atoms with Gasteiger partial charge in [-0.05, 0) is 65.9 Å². The number of hydrogen-bond donors (Lipinski definition) is 3. The second-order valence-electron chi connectivity index (χ2n) is 10.4. The quantitative estimate of drug-likeness (QED) is 0.179. The molecule has 4 aromatic rings. The standard InChI is InChI=1S/C34H33N3O7.C2H6/c1-21-10-27(17-37-29(18-38)34(39)40)32(43-19-24-11-23(14-35)15-36-16-24)13-31(21)44-20-26-4-3-5-28(22(26)2)25-6-7-30-33(12-25)42-9-8-41-30;1-2/h3-7,10-13,15-16,29,37-38H,8-9,17-20H2,1-2H3,(H,39,40);1-2H3/t29-;/m0./s1. The third-order valence-corrected chi connectivity index (χ3v) is 7.38. The maximum Gasteiger partial charge on any atom is 0.323 e. The Morgan fingerprint density at radius 3 is 2.48 bits per heavy atom. The summed E-state index contributed by atoms with van der Waals surface area (Å²) in [7, 11) is 0. The summed E-state index contributed by atoms with van der Waals surface area (Å²) in [6.07, 6.45) is 3.09. The summed E-state index contributed by atoms with van der Waals surface area (Å²) in [6, 6.07) is 18.3. The molecule has 3 N–H and O–H groups in total. The van der Waals surface area contributed by atoms with E-state index in [4.69, 9.17) is 18.9 Å². The molecule has 0 spiro atoms. The summed E-state index contributed by atoms with van der Waals surface area (Å²) >= 11 is 0. The number of rotatable bonds is 12. The van der Waals surface area contributed by atoms with Gasteiger partial charge in [0.1, 0.15) is 50.0 Å². The third kappa shape index (κ3) is 8.33. The van der Waals surface area contributed by atoms with Crippen molar-refractivity contribution in [3.8, 4) is 40.2 Å². The zero-order valence-corrected chi connectivity index (χ0v) is 26.5. The van der Waals surface area contributed by atoms with E-state index in [2.05, 4.69) is 29.4 Å². The van der Waals surface area contributed by atoms with Crippen molar-refractivity contribution < 1.29 is 34.0 Å². The van der Waals surface area contributed by atoms with Gasteiger partial charge in [-0.15, -0.1) is 0 Å². The second-order valence-corrected chi connectivity index (χ2v) is 10.4. The molecule has 0 unspecified atom stereocenters. The number of pyridine rings is 1. The Labute approximate surface area is 269 Å². The van der Waals surface area contributed by atoms with E-state index in [1.807, 2.05) is 57.2 Å². The normalized spacial score (nSPS) is 12.3. The van der Waals surface area contributed by atoms with Gasteiger partial charge in [0.15, 0.2) is 11.5 Å². The maximum absolute atomic E-state index is 11.4. The number of aliphatic hydroxyl groups excluding tert-OH is 1. The van der Waals surface area contributed by atoms with Crippen molar-refractivity contribution in [1.82, 2.24) is 10.3 Å². The molecule has 2 heterocycles. The number of hydrogen-bond acceptors (Lipinski definition) is 9. The van der Waals surface area contributed by atoms with E-state index in [1.54, 1.807) is 18.3 Å². The number of carboxylic acid groups (broad SMARTS) is 1. The van der Waals surface area contributed by atoms with Crippen LogP contribution in [0.15, 0.2) is 67.0 Å². The van der Waals surface area contributed by atoms with Crippen molar-refractivity contribution in [1.29, 1.82) is 5.26 Å². The Balaban J connectivity index is 0.00000235. The van der Waals surface area contributed by atoms with Crippen molar-refractivity contribution in [2.75, 3.05) is 19.8 Å². The molecule has 10 nitrogen and oxygen atoms in total. The van der Waals surface area contributed by atoms with Crippen LogP contribution in [0.1, 0.15) is 47.2 Å². The molecule has 0 radical (unpaired) electrons. The lowest BCUT2D eigenvalue weighted by molar-refractivity contribution is -0.140. The molecule has 0 fully saturated rings. The van der Waals surface area contributed by atoms with Gasteiger partial charge in [0.2, 0.25) is 0 Å². The molecular formula is C36H39N3O7. The van der Waals surface area contributed by atoms with Crippen LogP contribution >= 0.6 is 0 Å². The lowest BCUT2D eigenvalue weighted by Crippen LogP contribution is -2.39. The monoisotopic (exact) mass is 625 g/mol. The number of aryl methyl sites for hydroxylation is 1. The summed E-state index contributed by atoms with van der Waals surface area (Å²) in [5.74, 6) is 1.40. The minimum absolute atomic E-state index is 0.136. The summed E-state index contributed by atoms with van der Waals surface area (Å²) in [5.41, 5.74) is 6.82. The van der Waals surface area contributed by atoms with E-state index < -0.39 is 18.6 Å². The highest BCUT2D eigenvalue weighted by Gasteiger charge is 2.18. The van der Waals surface area contributed by atoms with Gasteiger partial charge >= 0.3 is 5.97 Å². The van der Waals surface area contributed by atoms with Gasteiger partial charge < -0.3 is 29.2 Å². The fourth-order valence-corrected chi connectivity index (χ4v) is 4.93. The van der Waals surface area contributed by atoms with E-state index in [1.165, 1.54) is 6.20 Å². The first kappa shape index (κ1) is 33.8. The smallest absolute Gasteiger partial charge is 0.323 e. The number of carboxylic acids is 1. The predicted molar refractivity (Wildman–Crippen MR) is 173 cm³/mol. The first-order valence-electron chi connectivity index (χ1n) is 15.1. The minimum Gasteiger partial charge on any atom is -0.488 e. The lowest BCUT2D eigenvalue weighted by Gasteiger charge is -2.20. The van der Waals surface area contributed by atoms with E-state index in [9.17, 15) is 20.3 Å². The molecule has 0 aliphatic carbocycles. The van der Waals surface area contributed by atoms with Gasteiger partial charge in [0, 0.05) is 36.1 Å². The molecule has 46 heavy (non-hydrogen) atoms. The number of aliphatic hydroxyl groups is 1. The van der Waals surface area contributed by atoms with Gasteiger partial charge in [-0.1, -0.05) is 38.1 Å². The fourth-order valence-electron chi connectivity index (χ4n) is 4.93. The first-order valence-corrected chi connectivity index (χ1v) is 15.1. The molecule has 1 aliphatic heterocycles. The van der Waals surface area contributed by atoms with Gasteiger partial charge in [-0.3, -0.25) is 15.1 Å². The van der Waals surface area contributed by atoms with Crippen molar-refractivity contribution >= 4 is 5.97 Å². The highest BCUT2D eigenvalue weighted by atomic mass is 16.6. The summed E-state index contributed by atoms with van der Waals surface area (Å²) in [6.45, 7) is 9.06. The second kappa shape index (κ2) is 16.3. The van der Waals surface area contributed by atoms with E-state index in [-0.39, 0.29) is 13.2 Å². The molecule has 0 saturated heterocycles. The predicted octanol–water partition coefficient (Wildman–Crippen LogP) is 5.73. The Hall–Kier alpha value is -5.11. The van der Waals surface area contributed by atoms with Crippen LogP contribution in [-0.4, -0.2) is 47.0 Å². The third-order valence-electron chi connectivity index (χ3n) is 7.38. The van der Waals surface area contributed by atoms with Gasteiger partial charge in [-0.2, -0.15) is 5.26 Å². The van der Waals surface area contributed by atoms with Crippen LogP contribution in [-0.2, 0) is 24.6 Å². The Morgan fingerprint density at radius 1 is 0.978 bits per heavy atom. The average molecular weight is 626 g/mol. The van der Waals surface area contributed by atoms with Crippen LogP contribution in [0, 0.1) is 25.2 Å². The van der Waals surface area contributed by atoms with Crippen LogP contribution in [0.25, 0.3) is 11.1 Å². The van der Waals surface area contributed by atoms with Crippen LogP contribution in [0.3, 0.4) is 0 Å². The molecule has 0 amide bonds. The number of ether oxygens (including phenoxy) is 4. The number of nitriles is 1. The number of aliphatic carboxylic acids is 1. The SMILES string of the molecule is CC.Cc1cc(CN[C@@H](CO)C(=O)O)c(OCc2cncc(C#N)c2)cc1OCc1cccc(-c2ccc3c(c2)OCCO3)c1C. The van der Waals surface area contributed by atoms with Crippen molar-refractivity contribution in [2.24, 2.45) is 0 Å². The molecule has 10 heteroatoms. The van der Waals surface area contributed by atoms with Crippen molar-refractivity contribution in [3.63, 3.8) is 0 Å². The Bertz CT molecular complexity index is 1700. The molecule has 1 aliphatic rings.